The number of nitrogens with one attached hydrogen (secondary N) is 2. The van der Waals surface area contributed by atoms with Crippen molar-refractivity contribution < 1.29 is 14.0 Å². The Morgan fingerprint density at radius 1 is 1.53 bits per heavy atom. The zero-order chi connectivity index (χ0) is 12.7. The standard InChI is InChI=1S/C11H14BrFN2O2/c1-17-15-11(16)14-6-2-3-8-4-5-9(12)7-10(8)13/h4-5,7H,2-3,6H2,1H3,(H2,14,15,16). The summed E-state index contributed by atoms with van der Waals surface area (Å²) in [5.41, 5.74) is 2.77. The Morgan fingerprint density at radius 3 is 2.94 bits per heavy atom. The fourth-order valence-electron chi connectivity index (χ4n) is 1.33. The Bertz CT molecular complexity index is 388. The molecule has 17 heavy (non-hydrogen) atoms. The molecule has 0 heterocycles. The third-order valence-corrected chi connectivity index (χ3v) is 2.61. The first-order valence-electron chi connectivity index (χ1n) is 5.14. The molecule has 94 valence electrons. The number of amides is 2. The summed E-state index contributed by atoms with van der Waals surface area (Å²) in [7, 11) is 1.36. The van der Waals surface area contributed by atoms with Crippen molar-refractivity contribution in [2.24, 2.45) is 0 Å². The van der Waals surface area contributed by atoms with Crippen LogP contribution in [-0.4, -0.2) is 19.7 Å². The average Bonchev–Trinajstić information content (AvgIpc) is 2.27. The second-order valence-electron chi connectivity index (χ2n) is 3.40. The van der Waals surface area contributed by atoms with Gasteiger partial charge in [0.15, 0.2) is 0 Å². The Kier molecular flexibility index (Phi) is 5.93. The lowest BCUT2D eigenvalue weighted by Crippen LogP contribution is -2.35. The molecule has 0 saturated carbocycles. The predicted molar refractivity (Wildman–Crippen MR) is 66.0 cm³/mol. The molecular weight excluding hydrogens is 291 g/mol. The van der Waals surface area contributed by atoms with E-state index in [1.54, 1.807) is 12.1 Å². The highest BCUT2D eigenvalue weighted by atomic mass is 79.9. The van der Waals surface area contributed by atoms with E-state index in [0.717, 1.165) is 4.47 Å². The van der Waals surface area contributed by atoms with Gasteiger partial charge < -0.3 is 5.32 Å². The predicted octanol–water partition coefficient (Wildman–Crippen LogP) is 2.38. The Morgan fingerprint density at radius 2 is 2.29 bits per heavy atom. The van der Waals surface area contributed by atoms with Crippen LogP contribution in [0.5, 0.6) is 0 Å². The molecular formula is C11H14BrFN2O2. The summed E-state index contributed by atoms with van der Waals surface area (Å²) in [6.07, 6.45) is 1.24. The summed E-state index contributed by atoms with van der Waals surface area (Å²) in [5, 5.41) is 2.58. The minimum absolute atomic E-state index is 0.235. The van der Waals surface area contributed by atoms with Gasteiger partial charge in [-0.15, -0.1) is 0 Å². The molecule has 1 aromatic rings. The zero-order valence-corrected chi connectivity index (χ0v) is 11.0. The molecule has 0 aliphatic rings. The summed E-state index contributed by atoms with van der Waals surface area (Å²) in [6, 6.07) is 4.56. The molecule has 0 spiro atoms. The maximum atomic E-state index is 13.4. The first-order chi connectivity index (χ1) is 8.13. The second-order valence-corrected chi connectivity index (χ2v) is 4.32. The van der Waals surface area contributed by atoms with E-state index < -0.39 is 6.03 Å². The maximum Gasteiger partial charge on any atom is 0.338 e. The number of urea groups is 1. The van der Waals surface area contributed by atoms with E-state index in [-0.39, 0.29) is 5.82 Å². The van der Waals surface area contributed by atoms with E-state index in [0.29, 0.717) is 24.9 Å². The Labute approximate surface area is 108 Å². The molecule has 0 atom stereocenters. The van der Waals surface area contributed by atoms with Gasteiger partial charge in [-0.3, -0.25) is 4.84 Å². The number of hydrogen-bond donors (Lipinski definition) is 2. The number of rotatable bonds is 5. The number of benzene rings is 1. The van der Waals surface area contributed by atoms with Gasteiger partial charge in [0.05, 0.1) is 7.11 Å². The van der Waals surface area contributed by atoms with Crippen LogP contribution in [-0.2, 0) is 11.3 Å². The van der Waals surface area contributed by atoms with Gasteiger partial charge in [-0.2, -0.15) is 0 Å². The van der Waals surface area contributed by atoms with E-state index in [4.69, 9.17) is 0 Å². The van der Waals surface area contributed by atoms with Gasteiger partial charge in [-0.1, -0.05) is 22.0 Å². The average molecular weight is 305 g/mol. The van der Waals surface area contributed by atoms with Gasteiger partial charge in [0.25, 0.3) is 0 Å². The van der Waals surface area contributed by atoms with Crippen LogP contribution in [0.25, 0.3) is 0 Å². The molecule has 0 saturated heterocycles. The lowest BCUT2D eigenvalue weighted by Gasteiger charge is -2.06. The third kappa shape index (κ3) is 5.14. The lowest BCUT2D eigenvalue weighted by atomic mass is 10.1. The highest BCUT2D eigenvalue weighted by molar-refractivity contribution is 9.10. The molecule has 4 nitrogen and oxygen atoms in total. The second kappa shape index (κ2) is 7.24. The summed E-state index contributed by atoms with van der Waals surface area (Å²) < 4.78 is 14.1. The molecule has 0 bridgehead atoms. The molecule has 0 fully saturated rings. The van der Waals surface area contributed by atoms with Crippen molar-refractivity contribution in [1.82, 2.24) is 10.8 Å². The molecule has 1 rings (SSSR count). The van der Waals surface area contributed by atoms with Gasteiger partial charge in [-0.25, -0.2) is 14.7 Å². The fourth-order valence-corrected chi connectivity index (χ4v) is 1.67. The molecule has 0 aliphatic heterocycles. The third-order valence-electron chi connectivity index (χ3n) is 2.12. The van der Waals surface area contributed by atoms with Crippen LogP contribution in [0.1, 0.15) is 12.0 Å². The van der Waals surface area contributed by atoms with Gasteiger partial charge in [0, 0.05) is 11.0 Å². The minimum atomic E-state index is -0.399. The Hall–Kier alpha value is -1.14. The summed E-state index contributed by atoms with van der Waals surface area (Å²) in [5.74, 6) is -0.235. The largest absolute Gasteiger partial charge is 0.338 e. The molecule has 0 aromatic heterocycles. The highest BCUT2D eigenvalue weighted by Crippen LogP contribution is 2.16. The number of hydrogen-bond acceptors (Lipinski definition) is 2. The van der Waals surface area contributed by atoms with Crippen LogP contribution in [0.4, 0.5) is 9.18 Å². The van der Waals surface area contributed by atoms with E-state index in [1.807, 2.05) is 0 Å². The molecule has 6 heteroatoms. The quantitative estimate of drug-likeness (QED) is 0.648. The molecule has 0 radical (unpaired) electrons. The molecule has 0 aliphatic carbocycles. The maximum absolute atomic E-state index is 13.4. The molecule has 2 amide bonds. The van der Waals surface area contributed by atoms with Crippen molar-refractivity contribution in [2.75, 3.05) is 13.7 Å². The number of carbonyl (C=O) groups excluding carboxylic acids is 1. The molecule has 1 aromatic carbocycles. The molecule has 2 N–H and O–H groups in total. The smallest absolute Gasteiger partial charge is 0.336 e. The SMILES string of the molecule is CONC(=O)NCCCc1ccc(Br)cc1F. The van der Waals surface area contributed by atoms with Gasteiger partial charge >= 0.3 is 6.03 Å². The summed E-state index contributed by atoms with van der Waals surface area (Å²) >= 11 is 3.20. The van der Waals surface area contributed by atoms with Crippen molar-refractivity contribution in [1.29, 1.82) is 0 Å². The first-order valence-corrected chi connectivity index (χ1v) is 5.93. The monoisotopic (exact) mass is 304 g/mol. The van der Waals surface area contributed by atoms with E-state index >= 15 is 0 Å². The summed E-state index contributed by atoms with van der Waals surface area (Å²) in [6.45, 7) is 0.463. The fraction of sp³-hybridized carbons (Fsp3) is 0.364. The summed E-state index contributed by atoms with van der Waals surface area (Å²) in [4.78, 5) is 15.4. The van der Waals surface area contributed by atoms with E-state index in [2.05, 4.69) is 31.6 Å². The van der Waals surface area contributed by atoms with Crippen molar-refractivity contribution in [3.8, 4) is 0 Å². The van der Waals surface area contributed by atoms with E-state index in [1.165, 1.54) is 13.2 Å². The van der Waals surface area contributed by atoms with Crippen molar-refractivity contribution in [3.05, 3.63) is 34.1 Å². The topological polar surface area (TPSA) is 50.4 Å². The normalized spacial score (nSPS) is 10.1. The lowest BCUT2D eigenvalue weighted by molar-refractivity contribution is 0.107. The van der Waals surface area contributed by atoms with Crippen LogP contribution >= 0.6 is 15.9 Å². The Balaban J connectivity index is 2.29. The van der Waals surface area contributed by atoms with Gasteiger partial charge in [0.2, 0.25) is 0 Å². The van der Waals surface area contributed by atoms with Crippen LogP contribution in [0.15, 0.2) is 22.7 Å². The van der Waals surface area contributed by atoms with Crippen molar-refractivity contribution in [3.63, 3.8) is 0 Å². The van der Waals surface area contributed by atoms with Crippen LogP contribution in [0.3, 0.4) is 0 Å². The number of carbonyl (C=O) groups is 1. The minimum Gasteiger partial charge on any atom is -0.336 e. The van der Waals surface area contributed by atoms with Crippen LogP contribution in [0.2, 0.25) is 0 Å². The van der Waals surface area contributed by atoms with Crippen LogP contribution < -0.4 is 10.8 Å². The van der Waals surface area contributed by atoms with Gasteiger partial charge in [0.1, 0.15) is 5.82 Å². The van der Waals surface area contributed by atoms with Crippen LogP contribution in [0, 0.1) is 5.82 Å². The first kappa shape index (κ1) is 13.9. The number of halogens is 2. The number of hydroxylamine groups is 1. The van der Waals surface area contributed by atoms with Crippen molar-refractivity contribution >= 4 is 22.0 Å². The van der Waals surface area contributed by atoms with Gasteiger partial charge in [-0.05, 0) is 30.5 Å². The number of aryl methyl sites for hydroxylation is 1. The van der Waals surface area contributed by atoms with Crippen molar-refractivity contribution in [2.45, 2.75) is 12.8 Å². The highest BCUT2D eigenvalue weighted by Gasteiger charge is 2.03. The zero-order valence-electron chi connectivity index (χ0n) is 9.43. The van der Waals surface area contributed by atoms with E-state index in [9.17, 15) is 9.18 Å². The molecule has 0 unspecified atom stereocenters.